The van der Waals surface area contributed by atoms with E-state index in [1.165, 1.54) is 5.56 Å². The maximum Gasteiger partial charge on any atom is 0.252 e. The van der Waals surface area contributed by atoms with E-state index in [0.717, 1.165) is 60.4 Å². The summed E-state index contributed by atoms with van der Waals surface area (Å²) in [4.78, 5) is 20.5. The van der Waals surface area contributed by atoms with Crippen molar-refractivity contribution in [1.29, 1.82) is 0 Å². The van der Waals surface area contributed by atoms with E-state index in [9.17, 15) is 4.79 Å². The molecule has 2 heterocycles. The lowest BCUT2D eigenvalue weighted by Gasteiger charge is -2.35. The average Bonchev–Trinajstić information content (AvgIpc) is 2.80. The van der Waals surface area contributed by atoms with E-state index in [-0.39, 0.29) is 11.9 Å². The Labute approximate surface area is 178 Å². The quantitative estimate of drug-likeness (QED) is 0.678. The lowest BCUT2D eigenvalue weighted by atomic mass is 9.99. The maximum atomic E-state index is 13.4. The van der Waals surface area contributed by atoms with Crippen LogP contribution in [0.1, 0.15) is 40.1 Å². The topological polar surface area (TPSA) is 54.5 Å². The van der Waals surface area contributed by atoms with Gasteiger partial charge in [-0.1, -0.05) is 55.5 Å². The van der Waals surface area contributed by atoms with E-state index in [1.54, 1.807) is 0 Å². The number of aryl methyl sites for hydroxylation is 1. The third-order valence-corrected chi connectivity index (χ3v) is 5.93. The van der Waals surface area contributed by atoms with Gasteiger partial charge in [-0.25, -0.2) is 0 Å². The van der Waals surface area contributed by atoms with Gasteiger partial charge in [-0.3, -0.25) is 14.7 Å². The van der Waals surface area contributed by atoms with Gasteiger partial charge in [-0.05, 0) is 30.5 Å². The van der Waals surface area contributed by atoms with Crippen molar-refractivity contribution >= 4 is 16.8 Å². The van der Waals surface area contributed by atoms with Crippen molar-refractivity contribution < 1.29 is 9.53 Å². The molecule has 1 atom stereocenters. The highest BCUT2D eigenvalue weighted by atomic mass is 16.5. The van der Waals surface area contributed by atoms with E-state index >= 15 is 0 Å². The second-order valence-electron chi connectivity index (χ2n) is 7.71. The normalized spacial score (nSPS) is 15.8. The molecule has 30 heavy (non-hydrogen) atoms. The number of hydrogen-bond acceptors (Lipinski definition) is 4. The van der Waals surface area contributed by atoms with Crippen LogP contribution in [0.3, 0.4) is 0 Å². The molecule has 0 spiro atoms. The van der Waals surface area contributed by atoms with Crippen LogP contribution in [-0.2, 0) is 11.2 Å². The minimum atomic E-state index is -0.0324. The second-order valence-corrected chi connectivity index (χ2v) is 7.71. The Morgan fingerprint density at radius 2 is 1.80 bits per heavy atom. The van der Waals surface area contributed by atoms with Crippen LogP contribution in [-0.4, -0.2) is 48.6 Å². The van der Waals surface area contributed by atoms with Crippen molar-refractivity contribution in [3.05, 3.63) is 77.0 Å². The molecule has 1 saturated heterocycles. The molecule has 1 aliphatic heterocycles. The third kappa shape index (κ3) is 4.23. The summed E-state index contributed by atoms with van der Waals surface area (Å²) in [6, 6.07) is 18.4. The van der Waals surface area contributed by atoms with Crippen molar-refractivity contribution in [1.82, 2.24) is 15.2 Å². The van der Waals surface area contributed by atoms with Crippen LogP contribution in [0.2, 0.25) is 0 Å². The minimum absolute atomic E-state index is 0.0324. The Morgan fingerprint density at radius 3 is 2.53 bits per heavy atom. The Kier molecular flexibility index (Phi) is 6.41. The number of nitrogens with zero attached hydrogens (tertiary/aromatic N) is 2. The third-order valence-electron chi connectivity index (χ3n) is 5.93. The molecule has 1 amide bonds. The number of nitrogens with one attached hydrogen (secondary N) is 1. The van der Waals surface area contributed by atoms with E-state index < -0.39 is 0 Å². The lowest BCUT2D eigenvalue weighted by molar-refractivity contribution is 0.0162. The largest absolute Gasteiger partial charge is 0.379 e. The van der Waals surface area contributed by atoms with Crippen molar-refractivity contribution in [2.24, 2.45) is 0 Å². The molecule has 0 bridgehead atoms. The monoisotopic (exact) mass is 403 g/mol. The van der Waals surface area contributed by atoms with Crippen molar-refractivity contribution in [3.63, 3.8) is 0 Å². The fraction of sp³-hybridized carbons (Fsp3) is 0.360. The Hall–Kier alpha value is -2.76. The second kappa shape index (κ2) is 9.37. The number of carbonyl (C=O) groups is 1. The number of benzene rings is 2. The molecule has 1 fully saturated rings. The Bertz CT molecular complexity index is 1010. The Morgan fingerprint density at radius 1 is 1.10 bits per heavy atom. The lowest BCUT2D eigenvalue weighted by Crippen LogP contribution is -2.44. The standard InChI is InChI=1S/C25H29N3O2/c1-3-21-18(2)24(20-11-7-8-12-22(20)27-21)25(29)26-17-23(19-9-5-4-6-10-19)28-13-15-30-16-14-28/h4-12,23H,3,13-17H2,1-2H3,(H,26,29). The van der Waals surface area contributed by atoms with Gasteiger partial charge in [0, 0.05) is 30.7 Å². The molecule has 0 radical (unpaired) electrons. The smallest absolute Gasteiger partial charge is 0.252 e. The number of pyridine rings is 1. The number of rotatable bonds is 6. The molecule has 0 saturated carbocycles. The molecule has 1 aliphatic rings. The molecule has 4 rings (SSSR count). The maximum absolute atomic E-state index is 13.4. The molecule has 3 aromatic rings. The highest BCUT2D eigenvalue weighted by Crippen LogP contribution is 2.25. The number of fused-ring (bicyclic) bond motifs is 1. The summed E-state index contributed by atoms with van der Waals surface area (Å²) in [6.07, 6.45) is 0.803. The van der Waals surface area contributed by atoms with Gasteiger partial charge >= 0.3 is 0 Å². The van der Waals surface area contributed by atoms with Crippen LogP contribution < -0.4 is 5.32 Å². The Balaban J connectivity index is 1.62. The van der Waals surface area contributed by atoms with Crippen LogP contribution in [0.15, 0.2) is 54.6 Å². The first kappa shape index (κ1) is 20.5. The summed E-state index contributed by atoms with van der Waals surface area (Å²) in [7, 11) is 0. The van der Waals surface area contributed by atoms with Gasteiger partial charge in [0.15, 0.2) is 0 Å². The molecule has 2 aromatic carbocycles. The van der Waals surface area contributed by atoms with Gasteiger partial charge in [0.2, 0.25) is 0 Å². The van der Waals surface area contributed by atoms with Gasteiger partial charge in [0.25, 0.3) is 5.91 Å². The number of aromatic nitrogens is 1. The zero-order chi connectivity index (χ0) is 20.9. The highest BCUT2D eigenvalue weighted by molar-refractivity contribution is 6.07. The predicted molar refractivity (Wildman–Crippen MR) is 120 cm³/mol. The minimum Gasteiger partial charge on any atom is -0.379 e. The summed E-state index contributed by atoms with van der Waals surface area (Å²) in [5, 5.41) is 4.14. The fourth-order valence-electron chi connectivity index (χ4n) is 4.29. The summed E-state index contributed by atoms with van der Waals surface area (Å²) >= 11 is 0. The molecule has 5 heteroatoms. The van der Waals surface area contributed by atoms with E-state index in [1.807, 2.05) is 37.3 Å². The predicted octanol–water partition coefficient (Wildman–Crippen LogP) is 3.91. The molecule has 5 nitrogen and oxygen atoms in total. The number of ether oxygens (including phenoxy) is 1. The number of carbonyl (C=O) groups excluding carboxylic acids is 1. The molecular formula is C25H29N3O2. The number of hydrogen-bond donors (Lipinski definition) is 1. The van der Waals surface area contributed by atoms with E-state index in [4.69, 9.17) is 9.72 Å². The van der Waals surface area contributed by atoms with Gasteiger partial charge in [0.05, 0.1) is 30.3 Å². The zero-order valence-electron chi connectivity index (χ0n) is 17.7. The SMILES string of the molecule is CCc1nc2ccccc2c(C(=O)NCC(c2ccccc2)N2CCOCC2)c1C. The van der Waals surface area contributed by atoms with Crippen molar-refractivity contribution in [2.75, 3.05) is 32.8 Å². The first-order chi connectivity index (χ1) is 14.7. The molecule has 0 aliphatic carbocycles. The van der Waals surface area contributed by atoms with Crippen LogP contribution in [0, 0.1) is 6.92 Å². The first-order valence-electron chi connectivity index (χ1n) is 10.7. The van der Waals surface area contributed by atoms with Gasteiger partial charge < -0.3 is 10.1 Å². The molecule has 156 valence electrons. The number of morpholine rings is 1. The van der Waals surface area contributed by atoms with Crippen molar-refractivity contribution in [2.45, 2.75) is 26.3 Å². The van der Waals surface area contributed by atoms with Crippen molar-refractivity contribution in [3.8, 4) is 0 Å². The molecule has 1 unspecified atom stereocenters. The van der Waals surface area contributed by atoms with Crippen LogP contribution in [0.25, 0.3) is 10.9 Å². The summed E-state index contributed by atoms with van der Waals surface area (Å²) in [6.45, 7) is 7.83. The van der Waals surface area contributed by atoms with Crippen LogP contribution in [0.4, 0.5) is 0 Å². The van der Waals surface area contributed by atoms with Crippen LogP contribution in [0.5, 0.6) is 0 Å². The van der Waals surface area contributed by atoms with E-state index in [0.29, 0.717) is 6.54 Å². The molecule has 1 aromatic heterocycles. The fourth-order valence-corrected chi connectivity index (χ4v) is 4.29. The summed E-state index contributed by atoms with van der Waals surface area (Å²) in [5.41, 5.74) is 4.78. The number of para-hydroxylation sites is 1. The summed E-state index contributed by atoms with van der Waals surface area (Å²) in [5.74, 6) is -0.0324. The number of amides is 1. The first-order valence-corrected chi connectivity index (χ1v) is 10.7. The molecular weight excluding hydrogens is 374 g/mol. The van der Waals surface area contributed by atoms with Gasteiger partial charge in [-0.15, -0.1) is 0 Å². The average molecular weight is 404 g/mol. The highest BCUT2D eigenvalue weighted by Gasteiger charge is 2.24. The zero-order valence-corrected chi connectivity index (χ0v) is 17.7. The summed E-state index contributed by atoms with van der Waals surface area (Å²) < 4.78 is 5.53. The molecule has 1 N–H and O–H groups in total. The van der Waals surface area contributed by atoms with E-state index in [2.05, 4.69) is 41.4 Å². The van der Waals surface area contributed by atoms with Gasteiger partial charge in [0.1, 0.15) is 0 Å². The van der Waals surface area contributed by atoms with Gasteiger partial charge in [-0.2, -0.15) is 0 Å². The van der Waals surface area contributed by atoms with Crippen LogP contribution >= 0.6 is 0 Å².